The van der Waals surface area contributed by atoms with Crippen molar-refractivity contribution in [2.75, 3.05) is 0 Å². The molecule has 1 saturated heterocycles. The van der Waals surface area contributed by atoms with Gasteiger partial charge in [-0.2, -0.15) is 4.31 Å². The molecule has 0 saturated carbocycles. The summed E-state index contributed by atoms with van der Waals surface area (Å²) in [5, 5.41) is 0.416. The van der Waals surface area contributed by atoms with Crippen LogP contribution < -0.4 is 5.73 Å². The first-order valence-corrected chi connectivity index (χ1v) is 9.17. The Hall–Kier alpha value is -0.620. The molecule has 0 radical (unpaired) electrons. The van der Waals surface area contributed by atoms with Gasteiger partial charge in [0.1, 0.15) is 0 Å². The maximum absolute atomic E-state index is 13.1. The lowest BCUT2D eigenvalue weighted by Crippen LogP contribution is -2.40. The topological polar surface area (TPSA) is 63.4 Å². The molecule has 0 bridgehead atoms. The normalized spacial score (nSPS) is 23.7. The van der Waals surface area contributed by atoms with Crippen LogP contribution in [-0.2, 0) is 16.6 Å². The number of sulfonamides is 1. The monoisotopic (exact) mass is 330 g/mol. The molecule has 1 aromatic carbocycles. The van der Waals surface area contributed by atoms with E-state index in [0.717, 1.165) is 24.8 Å². The SMILES string of the molecule is CCC1CCC(C)N1S(=O)(=O)c1cc(Cl)cc(CN)c1C. The predicted molar refractivity (Wildman–Crippen MR) is 85.9 cm³/mol. The number of halogens is 1. The van der Waals surface area contributed by atoms with Crippen LogP contribution in [0, 0.1) is 6.92 Å². The summed E-state index contributed by atoms with van der Waals surface area (Å²) in [6, 6.07) is 3.38. The first kappa shape index (κ1) is 16.7. The number of nitrogens with zero attached hydrogens (tertiary/aromatic N) is 1. The number of benzene rings is 1. The highest BCUT2D eigenvalue weighted by Gasteiger charge is 2.40. The average molecular weight is 331 g/mol. The van der Waals surface area contributed by atoms with E-state index in [9.17, 15) is 8.42 Å². The van der Waals surface area contributed by atoms with Gasteiger partial charge >= 0.3 is 0 Å². The number of nitrogens with two attached hydrogens (primary N) is 1. The minimum Gasteiger partial charge on any atom is -0.326 e. The summed E-state index contributed by atoms with van der Waals surface area (Å²) in [6.45, 7) is 6.08. The second kappa shape index (κ2) is 6.24. The molecule has 1 aromatic rings. The van der Waals surface area contributed by atoms with Crippen molar-refractivity contribution in [3.05, 3.63) is 28.3 Å². The van der Waals surface area contributed by atoms with E-state index in [2.05, 4.69) is 0 Å². The third-order valence-electron chi connectivity index (χ3n) is 4.39. The number of hydrogen-bond donors (Lipinski definition) is 1. The van der Waals surface area contributed by atoms with Crippen molar-refractivity contribution in [3.8, 4) is 0 Å². The van der Waals surface area contributed by atoms with Crippen LogP contribution in [0.4, 0.5) is 0 Å². The van der Waals surface area contributed by atoms with E-state index in [1.165, 1.54) is 0 Å². The first-order valence-electron chi connectivity index (χ1n) is 7.35. The summed E-state index contributed by atoms with van der Waals surface area (Å²) in [7, 11) is -3.54. The van der Waals surface area contributed by atoms with Crippen LogP contribution in [0.1, 0.15) is 44.2 Å². The molecular weight excluding hydrogens is 308 g/mol. The molecule has 6 heteroatoms. The molecule has 0 amide bonds. The molecule has 118 valence electrons. The van der Waals surface area contributed by atoms with Crippen molar-refractivity contribution in [1.29, 1.82) is 0 Å². The molecule has 4 nitrogen and oxygen atoms in total. The number of hydrogen-bond acceptors (Lipinski definition) is 3. The van der Waals surface area contributed by atoms with Crippen LogP contribution in [0.5, 0.6) is 0 Å². The fourth-order valence-electron chi connectivity index (χ4n) is 3.17. The Morgan fingerprint density at radius 3 is 2.62 bits per heavy atom. The highest BCUT2D eigenvalue weighted by atomic mass is 35.5. The lowest BCUT2D eigenvalue weighted by molar-refractivity contribution is 0.328. The van der Waals surface area contributed by atoms with Gasteiger partial charge in [-0.1, -0.05) is 18.5 Å². The molecule has 1 aliphatic rings. The van der Waals surface area contributed by atoms with E-state index < -0.39 is 10.0 Å². The third kappa shape index (κ3) is 2.97. The van der Waals surface area contributed by atoms with Gasteiger partial charge in [0, 0.05) is 23.7 Å². The Bertz CT molecular complexity index is 631. The zero-order valence-corrected chi connectivity index (χ0v) is 14.3. The van der Waals surface area contributed by atoms with E-state index in [1.807, 2.05) is 13.8 Å². The zero-order chi connectivity index (χ0) is 15.8. The van der Waals surface area contributed by atoms with Crippen molar-refractivity contribution >= 4 is 21.6 Å². The highest BCUT2D eigenvalue weighted by molar-refractivity contribution is 7.89. The van der Waals surface area contributed by atoms with Crippen molar-refractivity contribution < 1.29 is 8.42 Å². The van der Waals surface area contributed by atoms with E-state index in [0.29, 0.717) is 15.5 Å². The van der Waals surface area contributed by atoms with Crippen LogP contribution in [0.15, 0.2) is 17.0 Å². The molecule has 2 rings (SSSR count). The molecule has 2 atom stereocenters. The fourth-order valence-corrected chi connectivity index (χ4v) is 5.72. The Kier molecular flexibility index (Phi) is 4.98. The first-order chi connectivity index (χ1) is 9.82. The van der Waals surface area contributed by atoms with Crippen molar-refractivity contribution in [1.82, 2.24) is 4.31 Å². The summed E-state index contributed by atoms with van der Waals surface area (Å²) in [5.41, 5.74) is 7.18. The van der Waals surface area contributed by atoms with E-state index >= 15 is 0 Å². The molecule has 0 aliphatic carbocycles. The van der Waals surface area contributed by atoms with Gasteiger partial charge < -0.3 is 5.73 Å². The molecule has 1 fully saturated rings. The molecular formula is C15H23ClN2O2S. The van der Waals surface area contributed by atoms with Gasteiger partial charge in [0.25, 0.3) is 0 Å². The number of rotatable bonds is 4. The van der Waals surface area contributed by atoms with E-state index in [-0.39, 0.29) is 18.6 Å². The summed E-state index contributed by atoms with van der Waals surface area (Å²) in [6.07, 6.45) is 2.65. The van der Waals surface area contributed by atoms with Gasteiger partial charge in [0.2, 0.25) is 10.0 Å². The fraction of sp³-hybridized carbons (Fsp3) is 0.600. The van der Waals surface area contributed by atoms with E-state index in [1.54, 1.807) is 23.4 Å². The van der Waals surface area contributed by atoms with Crippen LogP contribution in [0.3, 0.4) is 0 Å². The van der Waals surface area contributed by atoms with Crippen molar-refractivity contribution in [2.45, 2.75) is 63.6 Å². The average Bonchev–Trinajstić information content (AvgIpc) is 2.82. The van der Waals surface area contributed by atoms with Crippen LogP contribution in [0.25, 0.3) is 0 Å². The van der Waals surface area contributed by atoms with Gasteiger partial charge in [-0.05, 0) is 56.4 Å². The molecule has 0 spiro atoms. The minimum absolute atomic E-state index is 0.0275. The zero-order valence-electron chi connectivity index (χ0n) is 12.8. The second-order valence-corrected chi connectivity index (χ2v) is 7.96. The predicted octanol–water partition coefficient (Wildman–Crippen LogP) is 3.06. The maximum atomic E-state index is 13.1. The van der Waals surface area contributed by atoms with Crippen LogP contribution in [0.2, 0.25) is 5.02 Å². The molecule has 1 aliphatic heterocycles. The Morgan fingerprint density at radius 2 is 2.05 bits per heavy atom. The largest absolute Gasteiger partial charge is 0.326 e. The standard InChI is InChI=1S/C15H23ClN2O2S/c1-4-14-6-5-10(2)18(14)21(19,20)15-8-13(16)7-12(9-17)11(15)3/h7-8,10,14H,4-6,9,17H2,1-3H3. The second-order valence-electron chi connectivity index (χ2n) is 5.72. The van der Waals surface area contributed by atoms with Gasteiger partial charge in [0.05, 0.1) is 4.90 Å². The lowest BCUT2D eigenvalue weighted by Gasteiger charge is -2.28. The van der Waals surface area contributed by atoms with Crippen molar-refractivity contribution in [3.63, 3.8) is 0 Å². The smallest absolute Gasteiger partial charge is 0.243 e. The molecule has 21 heavy (non-hydrogen) atoms. The van der Waals surface area contributed by atoms with Crippen molar-refractivity contribution in [2.24, 2.45) is 5.73 Å². The minimum atomic E-state index is -3.54. The van der Waals surface area contributed by atoms with Gasteiger partial charge in [0.15, 0.2) is 0 Å². The summed E-state index contributed by atoms with van der Waals surface area (Å²) in [4.78, 5) is 0.294. The van der Waals surface area contributed by atoms with Crippen LogP contribution >= 0.6 is 11.6 Å². The molecule has 0 aromatic heterocycles. The Morgan fingerprint density at radius 1 is 1.38 bits per heavy atom. The molecule has 2 N–H and O–H groups in total. The summed E-state index contributed by atoms with van der Waals surface area (Å²) >= 11 is 6.08. The summed E-state index contributed by atoms with van der Waals surface area (Å²) in [5.74, 6) is 0. The quantitative estimate of drug-likeness (QED) is 0.922. The maximum Gasteiger partial charge on any atom is 0.243 e. The molecule has 1 heterocycles. The Labute approximate surface area is 132 Å². The van der Waals surface area contributed by atoms with Gasteiger partial charge in [-0.15, -0.1) is 0 Å². The highest BCUT2D eigenvalue weighted by Crippen LogP contribution is 2.35. The lowest BCUT2D eigenvalue weighted by atomic mass is 10.1. The summed E-state index contributed by atoms with van der Waals surface area (Å²) < 4.78 is 27.8. The van der Waals surface area contributed by atoms with Gasteiger partial charge in [-0.3, -0.25) is 0 Å². The molecule has 2 unspecified atom stereocenters. The Balaban J connectivity index is 2.56. The van der Waals surface area contributed by atoms with Crippen LogP contribution in [-0.4, -0.2) is 24.8 Å². The van der Waals surface area contributed by atoms with Gasteiger partial charge in [-0.25, -0.2) is 8.42 Å². The van der Waals surface area contributed by atoms with E-state index in [4.69, 9.17) is 17.3 Å². The third-order valence-corrected chi connectivity index (χ3v) is 6.80.